The van der Waals surface area contributed by atoms with Crippen LogP contribution >= 0.6 is 0 Å². The van der Waals surface area contributed by atoms with E-state index >= 15 is 0 Å². The van der Waals surface area contributed by atoms with E-state index in [4.69, 9.17) is 0 Å². The molecule has 1 aliphatic heterocycles. The highest BCUT2D eigenvalue weighted by Crippen LogP contribution is 2.28. The summed E-state index contributed by atoms with van der Waals surface area (Å²) in [5, 5.41) is 3.67. The Kier molecular flexibility index (Phi) is 6.29. The van der Waals surface area contributed by atoms with Crippen molar-refractivity contribution in [3.05, 3.63) is 23.9 Å². The second kappa shape index (κ2) is 8.65. The second-order valence-corrected chi connectivity index (χ2v) is 7.40. The van der Waals surface area contributed by atoms with Crippen LogP contribution in [-0.4, -0.2) is 54.6 Å². The van der Waals surface area contributed by atoms with Gasteiger partial charge in [-0.3, -0.25) is 4.79 Å². The largest absolute Gasteiger partial charge is 0.357 e. The summed E-state index contributed by atoms with van der Waals surface area (Å²) >= 11 is 0. The van der Waals surface area contributed by atoms with E-state index in [-0.39, 0.29) is 5.91 Å². The third kappa shape index (κ3) is 4.94. The molecule has 5 heteroatoms. The number of anilines is 1. The van der Waals surface area contributed by atoms with Crippen LogP contribution in [0.1, 0.15) is 56.3 Å². The van der Waals surface area contributed by atoms with E-state index in [1.807, 2.05) is 17.0 Å². The van der Waals surface area contributed by atoms with Crippen LogP contribution in [0.4, 0.5) is 5.82 Å². The molecule has 2 aliphatic rings. The van der Waals surface area contributed by atoms with Crippen LogP contribution < -0.4 is 10.2 Å². The summed E-state index contributed by atoms with van der Waals surface area (Å²) in [5.74, 6) is 2.00. The Morgan fingerprint density at radius 1 is 1.24 bits per heavy atom. The van der Waals surface area contributed by atoms with Crippen LogP contribution in [0.15, 0.2) is 18.3 Å². The summed E-state index contributed by atoms with van der Waals surface area (Å²) in [6.45, 7) is 9.10. The zero-order chi connectivity index (χ0) is 17.6. The first kappa shape index (κ1) is 18.2. The number of nitrogens with zero attached hydrogens (tertiary/aromatic N) is 3. The quantitative estimate of drug-likeness (QED) is 0.788. The predicted octanol–water partition coefficient (Wildman–Crippen LogP) is 2.92. The number of likely N-dealkylation sites (tertiary alicyclic amines) is 1. The maximum atomic E-state index is 12.7. The highest BCUT2D eigenvalue weighted by atomic mass is 16.2. The van der Waals surface area contributed by atoms with Gasteiger partial charge in [-0.1, -0.05) is 6.92 Å². The Balaban J connectivity index is 1.50. The summed E-state index contributed by atoms with van der Waals surface area (Å²) in [7, 11) is 0. The van der Waals surface area contributed by atoms with Gasteiger partial charge in [0.15, 0.2) is 0 Å². The maximum absolute atomic E-state index is 12.7. The lowest BCUT2D eigenvalue weighted by Crippen LogP contribution is -2.45. The topological polar surface area (TPSA) is 48.5 Å². The Bertz CT molecular complexity index is 547. The molecule has 1 aromatic rings. The fraction of sp³-hybridized carbons (Fsp3) is 0.700. The molecule has 1 amide bonds. The van der Waals surface area contributed by atoms with Crippen molar-refractivity contribution in [2.24, 2.45) is 5.92 Å². The van der Waals surface area contributed by atoms with Gasteiger partial charge in [-0.05, 0) is 63.6 Å². The van der Waals surface area contributed by atoms with Crippen molar-refractivity contribution >= 4 is 11.7 Å². The number of carbonyl (C=O) groups is 1. The Morgan fingerprint density at radius 3 is 2.56 bits per heavy atom. The fourth-order valence-electron chi connectivity index (χ4n) is 3.53. The van der Waals surface area contributed by atoms with Crippen LogP contribution in [0.2, 0.25) is 0 Å². The lowest BCUT2D eigenvalue weighted by atomic mass is 10.0. The Hall–Kier alpha value is -1.62. The number of aromatic nitrogens is 1. The third-order valence-electron chi connectivity index (χ3n) is 5.37. The number of rotatable bonds is 8. The molecule has 0 atom stereocenters. The maximum Gasteiger partial charge on any atom is 0.255 e. The standard InChI is InChI=1S/C20H32N4O/c1-3-11-23(4-2)19-8-7-17(15-22-19)20(25)24-12-9-18(10-13-24)21-14-16-5-6-16/h7-8,15-16,18,21H,3-6,9-14H2,1-2H3. The first-order valence-corrected chi connectivity index (χ1v) is 9.95. The molecule has 0 aromatic carbocycles. The molecule has 2 fully saturated rings. The van der Waals surface area contributed by atoms with Crippen LogP contribution in [0.3, 0.4) is 0 Å². The molecule has 0 unspecified atom stereocenters. The van der Waals surface area contributed by atoms with Gasteiger partial charge in [0.1, 0.15) is 5.82 Å². The van der Waals surface area contributed by atoms with Gasteiger partial charge in [0.05, 0.1) is 5.56 Å². The van der Waals surface area contributed by atoms with E-state index < -0.39 is 0 Å². The molecule has 1 aromatic heterocycles. The SMILES string of the molecule is CCCN(CC)c1ccc(C(=O)N2CCC(NCC3CC3)CC2)cn1. The van der Waals surface area contributed by atoms with Crippen LogP contribution in [0, 0.1) is 5.92 Å². The lowest BCUT2D eigenvalue weighted by molar-refractivity contribution is 0.0704. The first-order valence-electron chi connectivity index (χ1n) is 9.95. The summed E-state index contributed by atoms with van der Waals surface area (Å²) in [6, 6.07) is 4.49. The molecule has 138 valence electrons. The molecule has 2 heterocycles. The van der Waals surface area contributed by atoms with Crippen molar-refractivity contribution < 1.29 is 4.79 Å². The average molecular weight is 345 g/mol. The van der Waals surface area contributed by atoms with Crippen molar-refractivity contribution in [3.8, 4) is 0 Å². The fourth-order valence-corrected chi connectivity index (χ4v) is 3.53. The van der Waals surface area contributed by atoms with Crippen LogP contribution in [-0.2, 0) is 0 Å². The number of piperidine rings is 1. The van der Waals surface area contributed by atoms with Gasteiger partial charge in [0.25, 0.3) is 5.91 Å². The molecule has 25 heavy (non-hydrogen) atoms. The van der Waals surface area contributed by atoms with E-state index in [0.717, 1.165) is 63.7 Å². The average Bonchev–Trinajstić information content (AvgIpc) is 3.49. The molecular weight excluding hydrogens is 312 g/mol. The summed E-state index contributed by atoms with van der Waals surface area (Å²) in [6.07, 6.45) is 7.74. The van der Waals surface area contributed by atoms with Gasteiger partial charge in [-0.25, -0.2) is 4.98 Å². The smallest absolute Gasteiger partial charge is 0.255 e. The zero-order valence-corrected chi connectivity index (χ0v) is 15.7. The summed E-state index contributed by atoms with van der Waals surface area (Å²) < 4.78 is 0. The molecule has 0 spiro atoms. The van der Waals surface area contributed by atoms with Crippen LogP contribution in [0.5, 0.6) is 0 Å². The van der Waals surface area contributed by atoms with Crippen molar-refractivity contribution in [1.29, 1.82) is 0 Å². The van der Waals surface area contributed by atoms with Crippen molar-refractivity contribution in [2.45, 2.75) is 52.0 Å². The minimum Gasteiger partial charge on any atom is -0.357 e. The highest BCUT2D eigenvalue weighted by molar-refractivity contribution is 5.94. The Morgan fingerprint density at radius 2 is 2.00 bits per heavy atom. The summed E-state index contributed by atoms with van der Waals surface area (Å²) in [4.78, 5) is 21.5. The lowest BCUT2D eigenvalue weighted by Gasteiger charge is -2.32. The van der Waals surface area contributed by atoms with E-state index in [2.05, 4.69) is 29.0 Å². The van der Waals surface area contributed by atoms with Crippen LogP contribution in [0.25, 0.3) is 0 Å². The number of pyridine rings is 1. The number of hydrogen-bond donors (Lipinski definition) is 1. The van der Waals surface area contributed by atoms with E-state index in [1.54, 1.807) is 6.20 Å². The van der Waals surface area contributed by atoms with E-state index in [1.165, 1.54) is 12.8 Å². The minimum absolute atomic E-state index is 0.123. The highest BCUT2D eigenvalue weighted by Gasteiger charge is 2.26. The van der Waals surface area contributed by atoms with Gasteiger partial charge in [-0.2, -0.15) is 0 Å². The van der Waals surface area contributed by atoms with Crippen molar-refractivity contribution in [2.75, 3.05) is 37.6 Å². The number of nitrogens with one attached hydrogen (secondary N) is 1. The van der Waals surface area contributed by atoms with Crippen molar-refractivity contribution in [3.63, 3.8) is 0 Å². The van der Waals surface area contributed by atoms with Gasteiger partial charge in [-0.15, -0.1) is 0 Å². The molecule has 5 nitrogen and oxygen atoms in total. The zero-order valence-electron chi connectivity index (χ0n) is 15.7. The second-order valence-electron chi connectivity index (χ2n) is 7.40. The molecule has 0 bridgehead atoms. The minimum atomic E-state index is 0.123. The van der Waals surface area contributed by atoms with E-state index in [9.17, 15) is 4.79 Å². The van der Waals surface area contributed by atoms with Gasteiger partial charge in [0.2, 0.25) is 0 Å². The molecule has 1 saturated heterocycles. The molecule has 1 N–H and O–H groups in total. The number of hydrogen-bond acceptors (Lipinski definition) is 4. The summed E-state index contributed by atoms with van der Waals surface area (Å²) in [5.41, 5.74) is 0.709. The molecule has 1 saturated carbocycles. The first-order chi connectivity index (χ1) is 12.2. The molecule has 0 radical (unpaired) electrons. The number of amides is 1. The van der Waals surface area contributed by atoms with Gasteiger partial charge in [0, 0.05) is 38.4 Å². The molecular formula is C20H32N4O. The normalized spacial score (nSPS) is 18.4. The third-order valence-corrected chi connectivity index (χ3v) is 5.37. The van der Waals surface area contributed by atoms with Gasteiger partial charge < -0.3 is 15.1 Å². The monoisotopic (exact) mass is 344 g/mol. The van der Waals surface area contributed by atoms with E-state index in [0.29, 0.717) is 11.6 Å². The molecule has 3 rings (SSSR count). The Labute approximate surface area is 151 Å². The number of carbonyl (C=O) groups excluding carboxylic acids is 1. The molecule has 1 aliphatic carbocycles. The van der Waals surface area contributed by atoms with Crippen molar-refractivity contribution in [1.82, 2.24) is 15.2 Å². The van der Waals surface area contributed by atoms with Gasteiger partial charge >= 0.3 is 0 Å². The predicted molar refractivity (Wildman–Crippen MR) is 102 cm³/mol.